The summed E-state index contributed by atoms with van der Waals surface area (Å²) >= 11 is 0. The van der Waals surface area contributed by atoms with Crippen molar-refractivity contribution >= 4 is 5.91 Å². The van der Waals surface area contributed by atoms with Gasteiger partial charge in [-0.3, -0.25) is 4.79 Å². The summed E-state index contributed by atoms with van der Waals surface area (Å²) in [4.78, 5) is 14.0. The standard InChI is InChI=1S/C17H30N2O/c1-13-5-4-6-14(2)16(13)12-19-9-7-15(8-10-19)11-17(20)18-3/h5,14-16H,4,6-12H2,1-3H3,(H,18,20). The molecule has 0 saturated carbocycles. The van der Waals surface area contributed by atoms with E-state index in [0.717, 1.165) is 24.9 Å². The summed E-state index contributed by atoms with van der Waals surface area (Å²) in [5.41, 5.74) is 1.59. The molecule has 2 rings (SSSR count). The zero-order chi connectivity index (χ0) is 14.5. The highest BCUT2D eigenvalue weighted by Crippen LogP contribution is 2.32. The normalized spacial score (nSPS) is 29.1. The van der Waals surface area contributed by atoms with E-state index in [1.807, 2.05) is 0 Å². The molecule has 3 nitrogen and oxygen atoms in total. The van der Waals surface area contributed by atoms with Gasteiger partial charge in [-0.2, -0.15) is 0 Å². The molecule has 0 aromatic heterocycles. The summed E-state index contributed by atoms with van der Waals surface area (Å²) < 4.78 is 0. The smallest absolute Gasteiger partial charge is 0.220 e. The summed E-state index contributed by atoms with van der Waals surface area (Å²) in [6.45, 7) is 8.25. The van der Waals surface area contributed by atoms with Crippen molar-refractivity contribution in [3.63, 3.8) is 0 Å². The Hall–Kier alpha value is -0.830. The molecule has 2 aliphatic rings. The Balaban J connectivity index is 1.78. The lowest BCUT2D eigenvalue weighted by Gasteiger charge is -2.37. The molecular formula is C17H30N2O. The molecule has 1 N–H and O–H groups in total. The number of piperidine rings is 1. The summed E-state index contributed by atoms with van der Waals surface area (Å²) in [6, 6.07) is 0. The first-order valence-electron chi connectivity index (χ1n) is 8.19. The minimum absolute atomic E-state index is 0.197. The number of hydrogen-bond acceptors (Lipinski definition) is 2. The lowest BCUT2D eigenvalue weighted by atomic mass is 9.79. The van der Waals surface area contributed by atoms with Gasteiger partial charge in [0.1, 0.15) is 0 Å². The van der Waals surface area contributed by atoms with Gasteiger partial charge < -0.3 is 10.2 Å². The topological polar surface area (TPSA) is 32.3 Å². The molecule has 0 aromatic carbocycles. The number of likely N-dealkylation sites (tertiary alicyclic amines) is 1. The molecule has 1 fully saturated rings. The van der Waals surface area contributed by atoms with Crippen molar-refractivity contribution in [3.05, 3.63) is 11.6 Å². The first-order valence-corrected chi connectivity index (χ1v) is 8.19. The van der Waals surface area contributed by atoms with Crippen LogP contribution >= 0.6 is 0 Å². The Morgan fingerprint density at radius 2 is 2.05 bits per heavy atom. The van der Waals surface area contributed by atoms with Crippen molar-refractivity contribution in [1.82, 2.24) is 10.2 Å². The van der Waals surface area contributed by atoms with E-state index in [2.05, 4.69) is 30.1 Å². The van der Waals surface area contributed by atoms with Crippen LogP contribution in [0, 0.1) is 17.8 Å². The van der Waals surface area contributed by atoms with Crippen LogP contribution in [0.25, 0.3) is 0 Å². The molecular weight excluding hydrogens is 248 g/mol. The molecule has 0 spiro atoms. The minimum Gasteiger partial charge on any atom is -0.359 e. The summed E-state index contributed by atoms with van der Waals surface area (Å²) in [5.74, 6) is 2.36. The van der Waals surface area contributed by atoms with E-state index in [9.17, 15) is 4.79 Å². The Morgan fingerprint density at radius 3 is 2.65 bits per heavy atom. The molecule has 1 aliphatic heterocycles. The van der Waals surface area contributed by atoms with Crippen LogP contribution < -0.4 is 5.32 Å². The fourth-order valence-corrected chi connectivity index (χ4v) is 3.71. The molecule has 20 heavy (non-hydrogen) atoms. The maximum atomic E-state index is 11.4. The van der Waals surface area contributed by atoms with Crippen molar-refractivity contribution in [3.8, 4) is 0 Å². The van der Waals surface area contributed by atoms with Gasteiger partial charge in [0, 0.05) is 20.0 Å². The Labute approximate surface area is 123 Å². The fraction of sp³-hybridized carbons (Fsp3) is 0.824. The molecule has 1 amide bonds. The predicted molar refractivity (Wildman–Crippen MR) is 83.5 cm³/mol. The third-order valence-electron chi connectivity index (χ3n) is 5.28. The van der Waals surface area contributed by atoms with Crippen molar-refractivity contribution < 1.29 is 4.79 Å². The predicted octanol–water partition coefficient (Wildman–Crippen LogP) is 2.83. The summed E-state index contributed by atoms with van der Waals surface area (Å²) in [7, 11) is 1.73. The fourth-order valence-electron chi connectivity index (χ4n) is 3.71. The molecule has 0 bridgehead atoms. The number of hydrogen-bond donors (Lipinski definition) is 1. The molecule has 1 saturated heterocycles. The SMILES string of the molecule is CNC(=O)CC1CCN(CC2C(C)=CCCC2C)CC1. The Morgan fingerprint density at radius 1 is 1.35 bits per heavy atom. The lowest BCUT2D eigenvalue weighted by molar-refractivity contribution is -0.121. The molecule has 1 aliphatic carbocycles. The largest absolute Gasteiger partial charge is 0.359 e. The highest BCUT2D eigenvalue weighted by molar-refractivity contribution is 5.75. The van der Waals surface area contributed by atoms with Gasteiger partial charge in [0.15, 0.2) is 0 Å². The average Bonchev–Trinajstić information content (AvgIpc) is 2.44. The third-order valence-corrected chi connectivity index (χ3v) is 5.28. The lowest BCUT2D eigenvalue weighted by Crippen LogP contribution is -2.40. The van der Waals surface area contributed by atoms with Crippen LogP contribution in [-0.2, 0) is 4.79 Å². The van der Waals surface area contributed by atoms with Gasteiger partial charge in [0.2, 0.25) is 5.91 Å². The second-order valence-electron chi connectivity index (χ2n) is 6.73. The van der Waals surface area contributed by atoms with E-state index in [4.69, 9.17) is 0 Å². The van der Waals surface area contributed by atoms with Crippen LogP contribution in [0.5, 0.6) is 0 Å². The molecule has 2 atom stereocenters. The molecule has 0 radical (unpaired) electrons. The number of allylic oxidation sites excluding steroid dienone is 1. The first kappa shape index (κ1) is 15.6. The van der Waals surface area contributed by atoms with Gasteiger partial charge in [-0.25, -0.2) is 0 Å². The quantitative estimate of drug-likeness (QED) is 0.802. The van der Waals surface area contributed by atoms with Gasteiger partial charge in [-0.05, 0) is 63.5 Å². The van der Waals surface area contributed by atoms with E-state index in [0.29, 0.717) is 12.3 Å². The Kier molecular flexibility index (Phi) is 5.64. The minimum atomic E-state index is 0.197. The molecule has 0 aromatic rings. The van der Waals surface area contributed by atoms with Crippen LogP contribution in [0.15, 0.2) is 11.6 Å². The van der Waals surface area contributed by atoms with E-state index in [1.165, 1.54) is 32.2 Å². The van der Waals surface area contributed by atoms with Crippen molar-refractivity contribution in [1.29, 1.82) is 0 Å². The first-order chi connectivity index (χ1) is 9.60. The van der Waals surface area contributed by atoms with Gasteiger partial charge in [0.05, 0.1) is 0 Å². The maximum absolute atomic E-state index is 11.4. The molecule has 2 unspecified atom stereocenters. The molecule has 1 heterocycles. The number of nitrogens with one attached hydrogen (secondary N) is 1. The number of amides is 1. The zero-order valence-corrected chi connectivity index (χ0v) is 13.3. The summed E-state index contributed by atoms with van der Waals surface area (Å²) in [6.07, 6.45) is 8.10. The van der Waals surface area contributed by atoms with Crippen molar-refractivity contribution in [2.45, 2.75) is 46.0 Å². The third kappa shape index (κ3) is 4.08. The molecule has 3 heteroatoms. The van der Waals surface area contributed by atoms with Gasteiger partial charge in [-0.15, -0.1) is 0 Å². The Bertz CT molecular complexity index is 356. The number of rotatable bonds is 4. The van der Waals surface area contributed by atoms with E-state index in [1.54, 1.807) is 12.6 Å². The monoisotopic (exact) mass is 278 g/mol. The number of nitrogens with zero attached hydrogens (tertiary/aromatic N) is 1. The number of carbonyl (C=O) groups excluding carboxylic acids is 1. The summed E-state index contributed by atoms with van der Waals surface area (Å²) in [5, 5.41) is 2.74. The van der Waals surface area contributed by atoms with Gasteiger partial charge in [-0.1, -0.05) is 18.6 Å². The second kappa shape index (κ2) is 7.26. The average molecular weight is 278 g/mol. The van der Waals surface area contributed by atoms with Crippen LogP contribution in [-0.4, -0.2) is 37.5 Å². The number of carbonyl (C=O) groups is 1. The van der Waals surface area contributed by atoms with E-state index in [-0.39, 0.29) is 5.91 Å². The van der Waals surface area contributed by atoms with Crippen LogP contribution in [0.4, 0.5) is 0 Å². The molecule has 114 valence electrons. The highest BCUT2D eigenvalue weighted by atomic mass is 16.1. The van der Waals surface area contributed by atoms with E-state index >= 15 is 0 Å². The van der Waals surface area contributed by atoms with Crippen LogP contribution in [0.2, 0.25) is 0 Å². The second-order valence-corrected chi connectivity index (χ2v) is 6.73. The van der Waals surface area contributed by atoms with Gasteiger partial charge >= 0.3 is 0 Å². The maximum Gasteiger partial charge on any atom is 0.220 e. The van der Waals surface area contributed by atoms with Crippen molar-refractivity contribution in [2.24, 2.45) is 17.8 Å². The van der Waals surface area contributed by atoms with E-state index < -0.39 is 0 Å². The van der Waals surface area contributed by atoms with Crippen LogP contribution in [0.1, 0.15) is 46.0 Å². The highest BCUT2D eigenvalue weighted by Gasteiger charge is 2.27. The van der Waals surface area contributed by atoms with Crippen LogP contribution in [0.3, 0.4) is 0 Å². The van der Waals surface area contributed by atoms with Crippen molar-refractivity contribution in [2.75, 3.05) is 26.7 Å². The van der Waals surface area contributed by atoms with Gasteiger partial charge in [0.25, 0.3) is 0 Å². The zero-order valence-electron chi connectivity index (χ0n) is 13.3.